The Morgan fingerprint density at radius 3 is 0.737 bits per heavy atom. The minimum atomic E-state index is -0.374. The van der Waals surface area contributed by atoms with Crippen LogP contribution < -0.4 is 0 Å². The van der Waals surface area contributed by atoms with Crippen LogP contribution >= 0.6 is 0 Å². The molecule has 3 fully saturated rings. The van der Waals surface area contributed by atoms with Gasteiger partial charge in [-0.1, -0.05) is 0 Å². The predicted octanol–water partition coefficient (Wildman–Crippen LogP) is 18.6. The molecule has 6 aliphatic carbocycles. The maximum Gasteiger partial charge on any atom is 0.0567 e. The summed E-state index contributed by atoms with van der Waals surface area (Å²) in [6, 6.07) is 0. The van der Waals surface area contributed by atoms with Gasteiger partial charge in [-0.3, -0.25) is 4.90 Å². The molecule has 1 saturated heterocycles. The predicted molar refractivity (Wildman–Crippen MR) is 319 cm³/mol. The van der Waals surface area contributed by atoms with Crippen molar-refractivity contribution in [3.63, 3.8) is 0 Å². The van der Waals surface area contributed by atoms with Crippen molar-refractivity contribution in [2.24, 2.45) is 0 Å². The van der Waals surface area contributed by atoms with Gasteiger partial charge in [0.2, 0.25) is 0 Å². The fourth-order valence-electron chi connectivity index (χ4n) is 27.7. The van der Waals surface area contributed by atoms with Crippen LogP contribution in [0.25, 0.3) is 291 Å². The third kappa shape index (κ3) is 1.68. The molecule has 7 aliphatic rings. The van der Waals surface area contributed by atoms with Gasteiger partial charge in [-0.25, -0.2) is 0 Å². The number of benzene rings is 18. The molecule has 0 amide bonds. The molecule has 28 aromatic carbocycles. The van der Waals surface area contributed by atoms with Crippen LogP contribution in [0.2, 0.25) is 0 Å². The second kappa shape index (κ2) is 7.12. The molecule has 2 saturated carbocycles. The van der Waals surface area contributed by atoms with Gasteiger partial charge in [0, 0.05) is 18.0 Å². The topological polar surface area (TPSA) is 3.24 Å². The van der Waals surface area contributed by atoms with Crippen molar-refractivity contribution < 1.29 is 0 Å². The Bertz CT molecular complexity index is 7190. The highest BCUT2D eigenvalue weighted by molar-refractivity contribution is 6.82. The summed E-state index contributed by atoms with van der Waals surface area (Å²) in [7, 11) is 2.64. The van der Waals surface area contributed by atoms with Crippen LogP contribution in [0, 0.1) is 63.2 Å². The lowest BCUT2D eigenvalue weighted by Crippen LogP contribution is -2.64. The molecule has 1 heteroatoms. The van der Waals surface area contributed by atoms with Crippen molar-refractivity contribution in [3.8, 4) is 0 Å². The van der Waals surface area contributed by atoms with Gasteiger partial charge in [0.25, 0.3) is 0 Å². The molecule has 322 valence electrons. The molecule has 1 aliphatic heterocycles. The van der Waals surface area contributed by atoms with E-state index in [-0.39, 0.29) is 16.4 Å². The standard InChI is InChI=1S/C75H17N/c1-76-12-73-69-61-53-43-33-25-17-15-16-19-23-21(17)29-37-31(23)41-35-27(19)28-20(16)24-22-18(15)26(25)34-40-30(22)38-32(24)42-36(28)46-45(35)57-51(41)59-49(37)55(47(53)39(29)33)63(69)65(59)71-67(57)68-58(46)52(42)60-50(38)56-48(40)54(44(34)43)62(61)70(73)64(56)66(60)72(68)75(71,73)74(76,14-8-4-5-9-14)11-10-13-6-2-3-7-13/h2-9H,10-12H2,1H3. The highest BCUT2D eigenvalue weighted by Crippen LogP contribution is 2.88. The Labute approximate surface area is 421 Å². The first-order valence-corrected chi connectivity index (χ1v) is 28.7. The Morgan fingerprint density at radius 1 is 0.276 bits per heavy atom. The fraction of sp³-hybridized carbons (Fsp3) is 0.0933. The number of likely N-dealkylation sites (tertiary alicyclic amines) is 1. The van der Waals surface area contributed by atoms with Gasteiger partial charge in [-0.05, 0) is 390 Å². The summed E-state index contributed by atoms with van der Waals surface area (Å²) in [4.78, 5) is 3.07. The van der Waals surface area contributed by atoms with Gasteiger partial charge < -0.3 is 0 Å². The Balaban J connectivity index is 1.08. The summed E-state index contributed by atoms with van der Waals surface area (Å²) >= 11 is 0. The van der Waals surface area contributed by atoms with Crippen molar-refractivity contribution >= 4 is 291 Å². The van der Waals surface area contributed by atoms with Crippen molar-refractivity contribution in [1.29, 1.82) is 0 Å². The first-order chi connectivity index (χ1) is 37.8. The molecule has 1 heterocycles. The zero-order valence-electron chi connectivity index (χ0n) is 39.7. The van der Waals surface area contributed by atoms with Gasteiger partial charge in [-0.2, -0.15) is 0 Å². The van der Waals surface area contributed by atoms with E-state index in [4.69, 9.17) is 0 Å². The second-order valence-corrected chi connectivity index (χ2v) is 28.1. The maximum atomic E-state index is 3.07. The smallest absolute Gasteiger partial charge is 0.0567 e. The average Bonchev–Trinajstić information content (AvgIpc) is 4.41. The van der Waals surface area contributed by atoms with Gasteiger partial charge >= 0.3 is 0 Å². The molecule has 0 N–H and O–H groups in total. The fourth-order valence-corrected chi connectivity index (χ4v) is 27.7. The summed E-state index contributed by atoms with van der Waals surface area (Å²) in [6.45, 7) is 1.04. The van der Waals surface area contributed by atoms with E-state index in [2.05, 4.69) is 63.3 Å². The van der Waals surface area contributed by atoms with E-state index >= 15 is 0 Å². The zero-order valence-corrected chi connectivity index (χ0v) is 39.7. The largest absolute Gasteiger partial charge is 0.298 e. The quantitative estimate of drug-likeness (QED) is 0.159. The second-order valence-electron chi connectivity index (χ2n) is 28.1. The molecule has 1 nitrogen and oxygen atoms in total. The van der Waals surface area contributed by atoms with Gasteiger partial charge in [0.1, 0.15) is 0 Å². The van der Waals surface area contributed by atoms with Crippen LogP contribution in [0.5, 0.6) is 0 Å². The summed E-state index contributed by atoms with van der Waals surface area (Å²) in [5.74, 6) is 3.04. The van der Waals surface area contributed by atoms with E-state index in [0.29, 0.717) is 0 Å². The maximum absolute atomic E-state index is 3.07. The third-order valence-corrected chi connectivity index (χ3v) is 27.9. The summed E-state index contributed by atoms with van der Waals surface area (Å²) in [5, 5.41) is 90.6. The summed E-state index contributed by atoms with van der Waals surface area (Å²) < 4.78 is 0. The highest BCUT2D eigenvalue weighted by atomic mass is 15.3. The molecular formula is C75H17N. The summed E-state index contributed by atoms with van der Waals surface area (Å²) in [6.07, 6.45) is 21.7. The lowest BCUT2D eigenvalue weighted by Gasteiger charge is -2.59. The van der Waals surface area contributed by atoms with Gasteiger partial charge in [0.15, 0.2) is 0 Å². The third-order valence-electron chi connectivity index (χ3n) is 27.9. The number of nitrogens with zero attached hydrogens (tertiary/aromatic N) is 1. The number of likely N-dealkylation sites (N-methyl/N-ethyl adjacent to an activating group) is 1. The highest BCUT2D eigenvalue weighted by Gasteiger charge is 2.81. The number of hydrogen-bond donors (Lipinski definition) is 0. The Kier molecular flexibility index (Phi) is 2.83. The van der Waals surface area contributed by atoms with E-state index < -0.39 is 0 Å². The molecule has 10 radical (unpaired) electrons. The molecule has 2 spiro atoms. The van der Waals surface area contributed by atoms with E-state index in [0.717, 1.165) is 19.4 Å². The monoisotopic (exact) mass is 931 g/mol. The van der Waals surface area contributed by atoms with Crippen molar-refractivity contribution in [2.45, 2.75) is 29.2 Å². The molecule has 1 unspecified atom stereocenters. The Hall–Kier alpha value is -7.58. The van der Waals surface area contributed by atoms with Gasteiger partial charge in [0.05, 0.1) is 10.8 Å². The molecule has 0 bridgehead atoms. The van der Waals surface area contributed by atoms with Crippen LogP contribution in [-0.2, 0) is 10.8 Å². The normalized spacial score (nSPS) is 26.6. The molecular weight excluding hydrogens is 915 g/mol. The first kappa shape index (κ1) is 30.2. The molecule has 1 atom stereocenters. The number of hydrogen-bond acceptors (Lipinski definition) is 1. The Morgan fingerprint density at radius 2 is 0.487 bits per heavy atom. The van der Waals surface area contributed by atoms with Crippen molar-refractivity contribution in [3.05, 3.63) is 85.5 Å². The van der Waals surface area contributed by atoms with Crippen LogP contribution in [0.15, 0.2) is 0 Å². The molecule has 76 heavy (non-hydrogen) atoms. The van der Waals surface area contributed by atoms with E-state index in [1.807, 2.05) is 0 Å². The molecule has 0 aromatic heterocycles. The molecule has 28 aromatic rings. The summed E-state index contributed by atoms with van der Waals surface area (Å²) in [5.41, 5.74) is 6.15. The van der Waals surface area contributed by atoms with Crippen LogP contribution in [-0.4, -0.2) is 24.0 Å². The van der Waals surface area contributed by atoms with E-state index in [9.17, 15) is 0 Å². The van der Waals surface area contributed by atoms with Gasteiger partial charge in [-0.15, -0.1) is 0 Å². The van der Waals surface area contributed by atoms with Crippen molar-refractivity contribution in [2.75, 3.05) is 13.6 Å². The minimum Gasteiger partial charge on any atom is -0.298 e. The lowest BCUT2D eigenvalue weighted by atomic mass is 9.42. The van der Waals surface area contributed by atoms with Crippen molar-refractivity contribution in [1.82, 2.24) is 4.90 Å². The molecule has 35 rings (SSSR count). The minimum absolute atomic E-state index is 0.295. The van der Waals surface area contributed by atoms with E-state index in [1.165, 1.54) is 5.92 Å². The average molecular weight is 932 g/mol. The number of rotatable bonds is 4. The van der Waals surface area contributed by atoms with E-state index in [1.54, 1.807) is 319 Å². The SMILES string of the molecule is CN1CC23c4c5c6c7c8c9c(c%10c%11c2c2c4c4c%12c5c5c6c6c8c8c%13c9c9c%10c%10c%11c%11c2c2c4c4c%12c%12c5c5c6c8c6c8c%13c9c9c%10c%10c%11c2c2c4c4c%12c5c6c5c8c9c%10c2c45)C73C1(CC[C]1[CH][CH][CH][CH]1)[C]1[CH][CH][CH][CH]1. The van der Waals surface area contributed by atoms with Crippen LogP contribution in [0.3, 0.4) is 0 Å². The zero-order chi connectivity index (χ0) is 45.5. The first-order valence-electron chi connectivity index (χ1n) is 28.7. The van der Waals surface area contributed by atoms with Crippen LogP contribution in [0.4, 0.5) is 0 Å². The van der Waals surface area contributed by atoms with Crippen LogP contribution in [0.1, 0.15) is 35.1 Å². The lowest BCUT2D eigenvalue weighted by molar-refractivity contribution is 0.131.